The van der Waals surface area contributed by atoms with Crippen LogP contribution < -0.4 is 5.32 Å². The van der Waals surface area contributed by atoms with Crippen molar-refractivity contribution in [3.05, 3.63) is 70.6 Å². The topological polar surface area (TPSA) is 45.2 Å². The molecule has 2 fully saturated rings. The quantitative estimate of drug-likeness (QED) is 0.523. The number of benzene rings is 2. The van der Waals surface area contributed by atoms with Crippen LogP contribution in [0.3, 0.4) is 0 Å². The van der Waals surface area contributed by atoms with Crippen molar-refractivity contribution >= 4 is 34.1 Å². The summed E-state index contributed by atoms with van der Waals surface area (Å²) < 4.78 is 13.9. The molecule has 6 heteroatoms. The van der Waals surface area contributed by atoms with Gasteiger partial charge in [-0.2, -0.15) is 0 Å². The first-order valence-corrected chi connectivity index (χ1v) is 11.7. The normalized spacial score (nSPS) is 19.0. The Bertz CT molecular complexity index is 1170. The highest BCUT2D eigenvalue weighted by molar-refractivity contribution is 6.31. The summed E-state index contributed by atoms with van der Waals surface area (Å²) in [6.45, 7) is 3.66. The summed E-state index contributed by atoms with van der Waals surface area (Å²) in [6, 6.07) is 12.4. The zero-order valence-electron chi connectivity index (χ0n) is 18.2. The Hall–Kier alpha value is -2.50. The van der Waals surface area contributed by atoms with Crippen LogP contribution in [0.5, 0.6) is 0 Å². The van der Waals surface area contributed by atoms with Gasteiger partial charge in [0.25, 0.3) is 0 Å². The van der Waals surface area contributed by atoms with E-state index in [1.54, 1.807) is 12.1 Å². The van der Waals surface area contributed by atoms with Gasteiger partial charge in [-0.1, -0.05) is 11.6 Å². The fourth-order valence-electron chi connectivity index (χ4n) is 5.28. The third-order valence-electron chi connectivity index (χ3n) is 7.30. The van der Waals surface area contributed by atoms with Gasteiger partial charge in [0.2, 0.25) is 5.91 Å². The van der Waals surface area contributed by atoms with Gasteiger partial charge in [-0.25, -0.2) is 4.39 Å². The lowest BCUT2D eigenvalue weighted by molar-refractivity contribution is -0.135. The number of carbonyl (C=O) groups is 1. The molecule has 2 aromatic carbocycles. The maximum atomic E-state index is 13.9. The summed E-state index contributed by atoms with van der Waals surface area (Å²) in [5.74, 6) is 0.199. The van der Waals surface area contributed by atoms with Crippen LogP contribution in [-0.2, 0) is 4.79 Å². The van der Waals surface area contributed by atoms with Crippen LogP contribution in [0.1, 0.15) is 49.1 Å². The number of hydrogen-bond acceptors (Lipinski definition) is 3. The molecular weight excluding hydrogens is 425 g/mol. The average molecular weight is 452 g/mol. The monoisotopic (exact) mass is 451 g/mol. The van der Waals surface area contributed by atoms with Crippen molar-refractivity contribution in [2.24, 2.45) is 0 Å². The molecule has 0 unspecified atom stereocenters. The number of halogens is 2. The van der Waals surface area contributed by atoms with Crippen LogP contribution in [0, 0.1) is 12.7 Å². The molecule has 1 aromatic heterocycles. The lowest BCUT2D eigenvalue weighted by Gasteiger charge is -2.51. The molecule has 1 saturated carbocycles. The van der Waals surface area contributed by atoms with E-state index in [-0.39, 0.29) is 11.7 Å². The van der Waals surface area contributed by atoms with Gasteiger partial charge < -0.3 is 5.32 Å². The summed E-state index contributed by atoms with van der Waals surface area (Å²) in [6.07, 6.45) is 6.56. The first-order valence-electron chi connectivity index (χ1n) is 11.3. The Kier molecular flexibility index (Phi) is 5.64. The van der Waals surface area contributed by atoms with Gasteiger partial charge in [-0.15, -0.1) is 0 Å². The number of hydrogen-bond donors (Lipinski definition) is 1. The second kappa shape index (κ2) is 8.45. The summed E-state index contributed by atoms with van der Waals surface area (Å²) in [5, 5.41) is 4.74. The number of anilines is 1. The predicted octanol–water partition coefficient (Wildman–Crippen LogP) is 6.08. The SMILES string of the molecule is Cc1cc(NC(=O)C2(N3CCC(c4ccnc5ccc(F)cc45)CC3)CCC2)ccc1Cl. The van der Waals surface area contributed by atoms with Crippen molar-refractivity contribution in [2.45, 2.75) is 50.5 Å². The molecule has 3 aromatic rings. The van der Waals surface area contributed by atoms with Crippen LogP contribution in [0.4, 0.5) is 10.1 Å². The van der Waals surface area contributed by atoms with E-state index >= 15 is 0 Å². The minimum atomic E-state index is -0.426. The van der Waals surface area contributed by atoms with Gasteiger partial charge in [0.15, 0.2) is 0 Å². The van der Waals surface area contributed by atoms with Gasteiger partial charge >= 0.3 is 0 Å². The molecule has 32 heavy (non-hydrogen) atoms. The number of nitrogens with zero attached hydrogens (tertiary/aromatic N) is 2. The zero-order chi connectivity index (χ0) is 22.3. The number of aryl methyl sites for hydroxylation is 1. The predicted molar refractivity (Wildman–Crippen MR) is 127 cm³/mol. The Labute approximate surface area is 192 Å². The van der Waals surface area contributed by atoms with Gasteiger partial charge in [0, 0.05) is 22.3 Å². The van der Waals surface area contributed by atoms with Gasteiger partial charge in [0.1, 0.15) is 11.4 Å². The molecule has 2 heterocycles. The minimum absolute atomic E-state index is 0.0837. The van der Waals surface area contributed by atoms with Gasteiger partial charge in [0.05, 0.1) is 5.52 Å². The van der Waals surface area contributed by atoms with Crippen LogP contribution >= 0.6 is 11.6 Å². The number of amides is 1. The van der Waals surface area contributed by atoms with E-state index in [1.165, 1.54) is 6.07 Å². The molecule has 1 amide bonds. The molecule has 166 valence electrons. The maximum Gasteiger partial charge on any atom is 0.244 e. The van der Waals surface area contributed by atoms with E-state index in [0.29, 0.717) is 10.9 Å². The van der Waals surface area contributed by atoms with Gasteiger partial charge in [-0.05, 0) is 112 Å². The number of aromatic nitrogens is 1. The number of nitrogens with one attached hydrogen (secondary N) is 1. The van der Waals surface area contributed by atoms with E-state index in [2.05, 4.69) is 15.2 Å². The van der Waals surface area contributed by atoms with Gasteiger partial charge in [-0.3, -0.25) is 14.7 Å². The van der Waals surface area contributed by atoms with E-state index in [0.717, 1.165) is 72.9 Å². The van der Waals surface area contributed by atoms with Crippen LogP contribution in [0.2, 0.25) is 5.02 Å². The molecule has 5 rings (SSSR count). The van der Waals surface area contributed by atoms with Crippen LogP contribution in [0.25, 0.3) is 10.9 Å². The van der Waals surface area contributed by atoms with E-state index in [9.17, 15) is 9.18 Å². The third-order valence-corrected chi connectivity index (χ3v) is 7.72. The van der Waals surface area contributed by atoms with E-state index in [1.807, 2.05) is 37.4 Å². The Morgan fingerprint density at radius 3 is 2.62 bits per heavy atom. The highest BCUT2D eigenvalue weighted by Crippen LogP contribution is 2.43. The van der Waals surface area contributed by atoms with Crippen molar-refractivity contribution in [1.82, 2.24) is 9.88 Å². The molecule has 0 radical (unpaired) electrons. The number of likely N-dealkylation sites (tertiary alicyclic amines) is 1. The summed E-state index contributed by atoms with van der Waals surface area (Å²) >= 11 is 6.13. The highest BCUT2D eigenvalue weighted by Gasteiger charge is 2.49. The second-order valence-electron chi connectivity index (χ2n) is 9.13. The molecule has 0 atom stereocenters. The van der Waals surface area contributed by atoms with Crippen LogP contribution in [-0.4, -0.2) is 34.4 Å². The fourth-order valence-corrected chi connectivity index (χ4v) is 5.40. The number of piperidine rings is 1. The molecule has 4 nitrogen and oxygen atoms in total. The third kappa shape index (κ3) is 3.78. The summed E-state index contributed by atoms with van der Waals surface area (Å²) in [4.78, 5) is 20.1. The molecule has 0 spiro atoms. The van der Waals surface area contributed by atoms with Crippen molar-refractivity contribution in [1.29, 1.82) is 0 Å². The molecule has 0 bridgehead atoms. The average Bonchev–Trinajstić information content (AvgIpc) is 2.76. The standard InChI is InChI=1S/C26H27ClFN3O/c1-17-15-20(4-5-23(17)27)30-25(32)26(10-2-11-26)31-13-8-18(9-14-31)21-7-12-29-24-6-3-19(28)16-22(21)24/h3-7,12,15-16,18H,2,8-11,13-14H2,1H3,(H,30,32). The molecule has 2 aliphatic rings. The summed E-state index contributed by atoms with van der Waals surface area (Å²) in [7, 11) is 0. The van der Waals surface area contributed by atoms with E-state index < -0.39 is 5.54 Å². The van der Waals surface area contributed by atoms with E-state index in [4.69, 9.17) is 11.6 Å². The molecular formula is C26H27ClFN3O. The lowest BCUT2D eigenvalue weighted by atomic mass is 9.72. The number of pyridine rings is 1. The largest absolute Gasteiger partial charge is 0.324 e. The van der Waals surface area contributed by atoms with Crippen LogP contribution in [0.15, 0.2) is 48.7 Å². The summed E-state index contributed by atoms with van der Waals surface area (Å²) in [5.41, 5.74) is 3.32. The second-order valence-corrected chi connectivity index (χ2v) is 9.53. The van der Waals surface area contributed by atoms with Crippen molar-refractivity contribution < 1.29 is 9.18 Å². The Morgan fingerprint density at radius 2 is 1.94 bits per heavy atom. The zero-order valence-corrected chi connectivity index (χ0v) is 19.0. The molecule has 1 N–H and O–H groups in total. The van der Waals surface area contributed by atoms with Crippen molar-refractivity contribution in [2.75, 3.05) is 18.4 Å². The molecule has 1 aliphatic carbocycles. The Balaban J connectivity index is 1.31. The minimum Gasteiger partial charge on any atom is -0.324 e. The Morgan fingerprint density at radius 1 is 1.16 bits per heavy atom. The smallest absolute Gasteiger partial charge is 0.244 e. The fraction of sp³-hybridized carbons (Fsp3) is 0.385. The maximum absolute atomic E-state index is 13.9. The van der Waals surface area contributed by atoms with Crippen molar-refractivity contribution in [3.8, 4) is 0 Å². The molecule has 1 aliphatic heterocycles. The lowest BCUT2D eigenvalue weighted by Crippen LogP contribution is -2.62. The first-order chi connectivity index (χ1) is 15.5. The first kappa shape index (κ1) is 21.4. The highest BCUT2D eigenvalue weighted by atomic mass is 35.5. The number of fused-ring (bicyclic) bond motifs is 1. The molecule has 1 saturated heterocycles. The number of rotatable bonds is 4. The number of carbonyl (C=O) groups excluding carboxylic acids is 1. The van der Waals surface area contributed by atoms with Crippen molar-refractivity contribution in [3.63, 3.8) is 0 Å².